The van der Waals surface area contributed by atoms with Crippen LogP contribution >= 0.6 is 0 Å². The first-order valence-electron chi connectivity index (χ1n) is 5.74. The summed E-state index contributed by atoms with van der Waals surface area (Å²) < 4.78 is 5.39. The van der Waals surface area contributed by atoms with Crippen LogP contribution in [0.3, 0.4) is 0 Å². The molecule has 2 rings (SSSR count). The van der Waals surface area contributed by atoms with E-state index in [1.807, 2.05) is 0 Å². The van der Waals surface area contributed by atoms with Crippen LogP contribution in [-0.4, -0.2) is 23.9 Å². The van der Waals surface area contributed by atoms with E-state index >= 15 is 0 Å². The minimum Gasteiger partial charge on any atom is -0.389 e. The summed E-state index contributed by atoms with van der Waals surface area (Å²) in [6, 6.07) is 0. The predicted octanol–water partition coefficient (Wildman–Crippen LogP) is 2.21. The molecule has 1 aliphatic carbocycles. The maximum Gasteiger partial charge on any atom is 0.0729 e. The van der Waals surface area contributed by atoms with Crippen molar-refractivity contribution in [3.63, 3.8) is 0 Å². The van der Waals surface area contributed by atoms with E-state index < -0.39 is 5.60 Å². The molecule has 1 N–H and O–H groups in total. The average Bonchev–Trinajstić information content (AvgIpc) is 2.58. The summed E-state index contributed by atoms with van der Waals surface area (Å²) in [5.41, 5.74) is -0.156. The Morgan fingerprint density at radius 2 is 2.07 bits per heavy atom. The Balaban J connectivity index is 2.14. The predicted molar refractivity (Wildman–Crippen MR) is 56.1 cm³/mol. The van der Waals surface area contributed by atoms with Gasteiger partial charge in [-0.1, -0.05) is 20.8 Å². The monoisotopic (exact) mass is 198 g/mol. The highest BCUT2D eigenvalue weighted by Crippen LogP contribution is 2.52. The van der Waals surface area contributed by atoms with Gasteiger partial charge in [-0.3, -0.25) is 0 Å². The molecule has 2 heteroatoms. The van der Waals surface area contributed by atoms with Crippen LogP contribution in [0, 0.1) is 17.3 Å². The van der Waals surface area contributed by atoms with Crippen molar-refractivity contribution in [1.29, 1.82) is 0 Å². The smallest absolute Gasteiger partial charge is 0.0729 e. The average molecular weight is 198 g/mol. The molecule has 3 atom stereocenters. The minimum atomic E-state index is -0.458. The van der Waals surface area contributed by atoms with Gasteiger partial charge in [-0.25, -0.2) is 0 Å². The van der Waals surface area contributed by atoms with Gasteiger partial charge in [0.15, 0.2) is 0 Å². The zero-order valence-electron chi connectivity index (χ0n) is 9.55. The first kappa shape index (κ1) is 10.4. The fourth-order valence-electron chi connectivity index (χ4n) is 3.49. The minimum absolute atomic E-state index is 0.302. The van der Waals surface area contributed by atoms with Gasteiger partial charge in [0.2, 0.25) is 0 Å². The third-order valence-electron chi connectivity index (χ3n) is 4.11. The Hall–Kier alpha value is -0.0800. The molecule has 1 aliphatic heterocycles. The molecule has 0 bridgehead atoms. The molecule has 1 saturated heterocycles. The summed E-state index contributed by atoms with van der Waals surface area (Å²) in [5.74, 6) is 0.795. The van der Waals surface area contributed by atoms with Crippen LogP contribution in [0.1, 0.15) is 40.0 Å². The van der Waals surface area contributed by atoms with E-state index in [9.17, 15) is 5.11 Å². The van der Waals surface area contributed by atoms with Crippen molar-refractivity contribution in [3.05, 3.63) is 0 Å². The van der Waals surface area contributed by atoms with Crippen molar-refractivity contribution >= 4 is 0 Å². The SMILES string of the molecule is CC1CC(C)(C)CC1(O)C1CCOC1. The lowest BCUT2D eigenvalue weighted by atomic mass is 9.78. The van der Waals surface area contributed by atoms with Crippen molar-refractivity contribution in [3.8, 4) is 0 Å². The van der Waals surface area contributed by atoms with Crippen LogP contribution < -0.4 is 0 Å². The third kappa shape index (κ3) is 1.59. The molecular weight excluding hydrogens is 176 g/mol. The summed E-state index contributed by atoms with van der Waals surface area (Å²) >= 11 is 0. The second kappa shape index (κ2) is 3.21. The first-order valence-corrected chi connectivity index (χ1v) is 5.74. The molecule has 0 radical (unpaired) electrons. The Kier molecular flexibility index (Phi) is 2.39. The molecule has 2 fully saturated rings. The van der Waals surface area contributed by atoms with Crippen LogP contribution in [0.25, 0.3) is 0 Å². The Morgan fingerprint density at radius 3 is 2.50 bits per heavy atom. The van der Waals surface area contributed by atoms with E-state index in [0.29, 0.717) is 17.3 Å². The molecule has 1 heterocycles. The van der Waals surface area contributed by atoms with Crippen molar-refractivity contribution in [2.45, 2.75) is 45.6 Å². The largest absolute Gasteiger partial charge is 0.389 e. The van der Waals surface area contributed by atoms with Crippen LogP contribution in [0.4, 0.5) is 0 Å². The second-order valence-corrected chi connectivity index (χ2v) is 6.00. The lowest BCUT2D eigenvalue weighted by Gasteiger charge is -2.33. The summed E-state index contributed by atoms with van der Waals surface area (Å²) in [7, 11) is 0. The standard InChI is InChI=1S/C12H22O2/c1-9-6-11(2,3)8-12(9,13)10-4-5-14-7-10/h9-10,13H,4-8H2,1-3H3. The molecular formula is C12H22O2. The lowest BCUT2D eigenvalue weighted by molar-refractivity contribution is -0.0523. The van der Waals surface area contributed by atoms with E-state index in [1.54, 1.807) is 0 Å². The maximum absolute atomic E-state index is 10.7. The highest BCUT2D eigenvalue weighted by Gasteiger charge is 2.52. The maximum atomic E-state index is 10.7. The van der Waals surface area contributed by atoms with Crippen molar-refractivity contribution in [2.75, 3.05) is 13.2 Å². The van der Waals surface area contributed by atoms with Crippen molar-refractivity contribution in [1.82, 2.24) is 0 Å². The molecule has 0 aromatic heterocycles. The highest BCUT2D eigenvalue weighted by atomic mass is 16.5. The van der Waals surface area contributed by atoms with Gasteiger partial charge >= 0.3 is 0 Å². The van der Waals surface area contributed by atoms with Gasteiger partial charge in [-0.2, -0.15) is 0 Å². The lowest BCUT2D eigenvalue weighted by Crippen LogP contribution is -2.41. The van der Waals surface area contributed by atoms with Gasteiger partial charge in [0, 0.05) is 12.5 Å². The third-order valence-corrected chi connectivity index (χ3v) is 4.11. The summed E-state index contributed by atoms with van der Waals surface area (Å²) in [6.45, 7) is 8.30. The molecule has 0 amide bonds. The molecule has 2 aliphatic rings. The fraction of sp³-hybridized carbons (Fsp3) is 1.00. The van der Waals surface area contributed by atoms with Gasteiger partial charge in [0.1, 0.15) is 0 Å². The van der Waals surface area contributed by atoms with Crippen molar-refractivity contribution < 1.29 is 9.84 Å². The van der Waals surface area contributed by atoms with Crippen LogP contribution in [0.2, 0.25) is 0 Å². The van der Waals surface area contributed by atoms with E-state index in [-0.39, 0.29) is 0 Å². The quantitative estimate of drug-likeness (QED) is 0.700. The number of rotatable bonds is 1. The zero-order chi connectivity index (χ0) is 10.4. The molecule has 1 saturated carbocycles. The van der Waals surface area contributed by atoms with Gasteiger partial charge < -0.3 is 9.84 Å². The fourth-order valence-corrected chi connectivity index (χ4v) is 3.49. The number of aliphatic hydroxyl groups is 1. The zero-order valence-corrected chi connectivity index (χ0v) is 9.55. The topological polar surface area (TPSA) is 29.5 Å². The molecule has 14 heavy (non-hydrogen) atoms. The van der Waals surface area contributed by atoms with E-state index in [1.165, 1.54) is 0 Å². The molecule has 0 spiro atoms. The van der Waals surface area contributed by atoms with Crippen molar-refractivity contribution in [2.24, 2.45) is 17.3 Å². The Bertz CT molecular complexity index is 218. The molecule has 0 aromatic carbocycles. The molecule has 3 unspecified atom stereocenters. The number of hydrogen-bond acceptors (Lipinski definition) is 2. The first-order chi connectivity index (χ1) is 6.44. The van der Waals surface area contributed by atoms with Crippen LogP contribution in [-0.2, 0) is 4.74 Å². The van der Waals surface area contributed by atoms with Gasteiger partial charge in [-0.05, 0) is 30.6 Å². The van der Waals surface area contributed by atoms with E-state index in [4.69, 9.17) is 4.74 Å². The normalized spacial score (nSPS) is 47.1. The van der Waals surface area contributed by atoms with Gasteiger partial charge in [0.05, 0.1) is 12.2 Å². The Labute approximate surface area is 86.6 Å². The summed E-state index contributed by atoms with van der Waals surface area (Å²) in [6.07, 6.45) is 3.12. The summed E-state index contributed by atoms with van der Waals surface area (Å²) in [5, 5.41) is 10.7. The second-order valence-electron chi connectivity index (χ2n) is 6.00. The molecule has 0 aromatic rings. The van der Waals surface area contributed by atoms with Crippen LogP contribution in [0.5, 0.6) is 0 Å². The van der Waals surface area contributed by atoms with Gasteiger partial charge in [0.25, 0.3) is 0 Å². The number of ether oxygens (including phenoxy) is 1. The number of hydrogen-bond donors (Lipinski definition) is 1. The molecule has 2 nitrogen and oxygen atoms in total. The van der Waals surface area contributed by atoms with E-state index in [2.05, 4.69) is 20.8 Å². The Morgan fingerprint density at radius 1 is 1.36 bits per heavy atom. The van der Waals surface area contributed by atoms with E-state index in [0.717, 1.165) is 32.5 Å². The molecule has 82 valence electrons. The summed E-state index contributed by atoms with van der Waals surface area (Å²) in [4.78, 5) is 0. The van der Waals surface area contributed by atoms with Gasteiger partial charge in [-0.15, -0.1) is 0 Å². The van der Waals surface area contributed by atoms with Crippen LogP contribution in [0.15, 0.2) is 0 Å². The highest BCUT2D eigenvalue weighted by molar-refractivity contribution is 5.02.